The van der Waals surface area contributed by atoms with Gasteiger partial charge in [-0.05, 0) is 19.3 Å². The second-order valence-electron chi connectivity index (χ2n) is 4.40. The molecular weight excluding hydrogens is 242 g/mol. The summed E-state index contributed by atoms with van der Waals surface area (Å²) in [6, 6.07) is 0. The Morgan fingerprint density at radius 2 is 2.00 bits per heavy atom. The third-order valence-corrected chi connectivity index (χ3v) is 2.67. The van der Waals surface area contributed by atoms with Crippen LogP contribution in [-0.4, -0.2) is 48.5 Å². The molecule has 1 aromatic rings. The molecule has 6 nitrogen and oxygen atoms in total. The molecule has 1 heterocycles. The number of methoxy groups -OCH3 is 1. The van der Waals surface area contributed by atoms with Crippen LogP contribution in [0.5, 0.6) is 0 Å². The molecule has 0 saturated carbocycles. The van der Waals surface area contributed by atoms with Crippen molar-refractivity contribution in [3.05, 3.63) is 6.20 Å². The first-order valence-corrected chi connectivity index (χ1v) is 6.99. The molecule has 0 aliphatic rings. The van der Waals surface area contributed by atoms with Crippen LogP contribution in [0.1, 0.15) is 33.1 Å². The number of aromatic nitrogens is 3. The number of hydrogen-bond donors (Lipinski definition) is 1. The molecule has 0 aromatic carbocycles. The van der Waals surface area contributed by atoms with Gasteiger partial charge in [-0.15, -0.1) is 5.10 Å². The molecule has 0 aliphatic carbocycles. The Kier molecular flexibility index (Phi) is 7.81. The molecule has 1 aromatic heterocycles. The Bertz CT molecular complexity index is 342. The molecule has 0 unspecified atom stereocenters. The Labute approximate surface area is 115 Å². The fourth-order valence-electron chi connectivity index (χ4n) is 1.82. The van der Waals surface area contributed by atoms with Crippen LogP contribution in [0.3, 0.4) is 0 Å². The molecule has 108 valence electrons. The predicted molar refractivity (Wildman–Crippen MR) is 77.6 cm³/mol. The largest absolute Gasteiger partial charge is 0.385 e. The van der Waals surface area contributed by atoms with E-state index in [9.17, 15) is 0 Å². The van der Waals surface area contributed by atoms with Crippen LogP contribution in [0.25, 0.3) is 0 Å². The minimum Gasteiger partial charge on any atom is -0.385 e. The Morgan fingerprint density at radius 1 is 1.26 bits per heavy atom. The average molecular weight is 267 g/mol. The zero-order valence-electron chi connectivity index (χ0n) is 12.2. The molecule has 6 heteroatoms. The number of ether oxygens (including phenoxy) is 1. The molecule has 0 atom stereocenters. The number of nitrogens with one attached hydrogen (secondary N) is 1. The van der Waals surface area contributed by atoms with E-state index >= 15 is 0 Å². The molecule has 0 aliphatic heterocycles. The van der Waals surface area contributed by atoms with Crippen molar-refractivity contribution in [1.29, 1.82) is 0 Å². The smallest absolute Gasteiger partial charge is 0.244 e. The van der Waals surface area contributed by atoms with Gasteiger partial charge in [0.05, 0.1) is 6.20 Å². The molecule has 0 saturated heterocycles. The SMILES string of the molecule is CCCN(CCC)c1cnnc(NCCCOC)n1. The maximum Gasteiger partial charge on any atom is 0.244 e. The number of rotatable bonds is 10. The third-order valence-electron chi connectivity index (χ3n) is 2.67. The lowest BCUT2D eigenvalue weighted by molar-refractivity contribution is 0.197. The molecule has 0 spiro atoms. The lowest BCUT2D eigenvalue weighted by atomic mass is 10.3. The van der Waals surface area contributed by atoms with Gasteiger partial charge in [-0.2, -0.15) is 10.1 Å². The van der Waals surface area contributed by atoms with E-state index in [0.717, 1.165) is 51.3 Å². The number of nitrogens with zero attached hydrogens (tertiary/aromatic N) is 4. The quantitative estimate of drug-likeness (QED) is 0.654. The lowest BCUT2D eigenvalue weighted by Gasteiger charge is -2.22. The van der Waals surface area contributed by atoms with Gasteiger partial charge in [0.25, 0.3) is 0 Å². The van der Waals surface area contributed by atoms with E-state index in [1.165, 1.54) is 0 Å². The van der Waals surface area contributed by atoms with Crippen LogP contribution in [0.4, 0.5) is 11.8 Å². The second-order valence-corrected chi connectivity index (χ2v) is 4.40. The van der Waals surface area contributed by atoms with Crippen LogP contribution in [0.2, 0.25) is 0 Å². The Morgan fingerprint density at radius 3 is 2.63 bits per heavy atom. The van der Waals surface area contributed by atoms with Crippen LogP contribution in [0.15, 0.2) is 6.20 Å². The van der Waals surface area contributed by atoms with Crippen molar-refractivity contribution in [3.63, 3.8) is 0 Å². The van der Waals surface area contributed by atoms with Gasteiger partial charge in [0, 0.05) is 33.4 Å². The molecule has 0 amide bonds. The van der Waals surface area contributed by atoms with Gasteiger partial charge in [0.1, 0.15) is 0 Å². The Hall–Kier alpha value is -1.43. The summed E-state index contributed by atoms with van der Waals surface area (Å²) in [6.07, 6.45) is 4.85. The highest BCUT2D eigenvalue weighted by molar-refractivity contribution is 5.39. The van der Waals surface area contributed by atoms with Gasteiger partial charge < -0.3 is 15.0 Å². The van der Waals surface area contributed by atoms with Crippen molar-refractivity contribution in [3.8, 4) is 0 Å². The van der Waals surface area contributed by atoms with Crippen molar-refractivity contribution in [1.82, 2.24) is 15.2 Å². The Balaban J connectivity index is 2.58. The van der Waals surface area contributed by atoms with Gasteiger partial charge in [-0.1, -0.05) is 13.8 Å². The first-order chi connectivity index (χ1) is 9.31. The van der Waals surface area contributed by atoms with Crippen molar-refractivity contribution < 1.29 is 4.74 Å². The van der Waals surface area contributed by atoms with E-state index in [4.69, 9.17) is 4.74 Å². The van der Waals surface area contributed by atoms with E-state index in [0.29, 0.717) is 5.95 Å². The summed E-state index contributed by atoms with van der Waals surface area (Å²) in [5, 5.41) is 11.2. The molecule has 0 bridgehead atoms. The minimum atomic E-state index is 0.589. The molecule has 19 heavy (non-hydrogen) atoms. The normalized spacial score (nSPS) is 10.5. The van der Waals surface area contributed by atoms with E-state index in [1.54, 1.807) is 13.3 Å². The highest BCUT2D eigenvalue weighted by atomic mass is 16.5. The van der Waals surface area contributed by atoms with Crippen LogP contribution >= 0.6 is 0 Å². The second kappa shape index (κ2) is 9.49. The van der Waals surface area contributed by atoms with Gasteiger partial charge in [-0.25, -0.2) is 0 Å². The summed E-state index contributed by atoms with van der Waals surface area (Å²) in [4.78, 5) is 6.75. The molecule has 1 rings (SSSR count). The maximum atomic E-state index is 5.00. The number of hydrogen-bond acceptors (Lipinski definition) is 6. The highest BCUT2D eigenvalue weighted by Crippen LogP contribution is 2.11. The van der Waals surface area contributed by atoms with E-state index in [-0.39, 0.29) is 0 Å². The zero-order chi connectivity index (χ0) is 13.9. The molecule has 0 radical (unpaired) electrons. The summed E-state index contributed by atoms with van der Waals surface area (Å²) < 4.78 is 5.00. The van der Waals surface area contributed by atoms with E-state index in [2.05, 4.69) is 39.2 Å². The van der Waals surface area contributed by atoms with Crippen LogP contribution < -0.4 is 10.2 Å². The standard InChI is InChI=1S/C13H25N5O/c1-4-8-18(9-5-2)12-11-15-17-13(16-12)14-7-6-10-19-3/h11H,4-10H2,1-3H3,(H,14,16,17). The summed E-state index contributed by atoms with van der Waals surface area (Å²) in [5.41, 5.74) is 0. The van der Waals surface area contributed by atoms with E-state index < -0.39 is 0 Å². The predicted octanol–water partition coefficient (Wildman–Crippen LogP) is 1.95. The van der Waals surface area contributed by atoms with Crippen molar-refractivity contribution >= 4 is 11.8 Å². The highest BCUT2D eigenvalue weighted by Gasteiger charge is 2.08. The summed E-state index contributed by atoms with van der Waals surface area (Å²) >= 11 is 0. The molecule has 0 fully saturated rings. The van der Waals surface area contributed by atoms with Crippen LogP contribution in [-0.2, 0) is 4.74 Å². The van der Waals surface area contributed by atoms with Gasteiger partial charge in [0.2, 0.25) is 5.95 Å². The first kappa shape index (κ1) is 15.6. The zero-order valence-corrected chi connectivity index (χ0v) is 12.2. The van der Waals surface area contributed by atoms with Gasteiger partial charge in [-0.3, -0.25) is 0 Å². The fraction of sp³-hybridized carbons (Fsp3) is 0.769. The summed E-state index contributed by atoms with van der Waals surface area (Å²) in [6.45, 7) is 7.85. The summed E-state index contributed by atoms with van der Waals surface area (Å²) in [5.74, 6) is 1.48. The summed E-state index contributed by atoms with van der Waals surface area (Å²) in [7, 11) is 1.70. The maximum absolute atomic E-state index is 5.00. The molecule has 1 N–H and O–H groups in total. The van der Waals surface area contributed by atoms with E-state index in [1.807, 2.05) is 0 Å². The van der Waals surface area contributed by atoms with Gasteiger partial charge >= 0.3 is 0 Å². The number of anilines is 2. The monoisotopic (exact) mass is 267 g/mol. The first-order valence-electron chi connectivity index (χ1n) is 6.99. The van der Waals surface area contributed by atoms with Crippen LogP contribution in [0, 0.1) is 0 Å². The minimum absolute atomic E-state index is 0.589. The van der Waals surface area contributed by atoms with Crippen molar-refractivity contribution in [2.75, 3.05) is 43.6 Å². The fourth-order valence-corrected chi connectivity index (χ4v) is 1.82. The van der Waals surface area contributed by atoms with Gasteiger partial charge in [0.15, 0.2) is 5.82 Å². The topological polar surface area (TPSA) is 63.2 Å². The third kappa shape index (κ3) is 5.83. The molecular formula is C13H25N5O. The average Bonchev–Trinajstić information content (AvgIpc) is 2.44. The van der Waals surface area contributed by atoms with Crippen molar-refractivity contribution in [2.45, 2.75) is 33.1 Å². The van der Waals surface area contributed by atoms with Crippen molar-refractivity contribution in [2.24, 2.45) is 0 Å². The lowest BCUT2D eigenvalue weighted by Crippen LogP contribution is -2.26.